The molecule has 0 unspecified atom stereocenters. The van der Waals surface area contributed by atoms with E-state index >= 15 is 0 Å². The third kappa shape index (κ3) is 5.75. The van der Waals surface area contributed by atoms with Crippen molar-refractivity contribution in [3.05, 3.63) is 89.9 Å². The molecule has 13 heteroatoms. The summed E-state index contributed by atoms with van der Waals surface area (Å²) < 4.78 is 49.2. The van der Waals surface area contributed by atoms with Gasteiger partial charge in [0.05, 0.1) is 15.8 Å². The van der Waals surface area contributed by atoms with Crippen LogP contribution in [0.15, 0.2) is 67.5 Å². The van der Waals surface area contributed by atoms with Crippen LogP contribution in [-0.2, 0) is 11.0 Å². The van der Waals surface area contributed by atoms with Gasteiger partial charge in [0, 0.05) is 45.2 Å². The lowest BCUT2D eigenvalue weighted by Gasteiger charge is -2.16. The monoisotopic (exact) mass is 604 g/mol. The van der Waals surface area contributed by atoms with E-state index in [1.165, 1.54) is 18.5 Å². The molecule has 0 saturated heterocycles. The van der Waals surface area contributed by atoms with Crippen LogP contribution in [0, 0.1) is 13.8 Å². The number of hydrogen-bond donors (Lipinski definition) is 3. The van der Waals surface area contributed by atoms with E-state index in [0.29, 0.717) is 26.5 Å². The molecule has 0 aliphatic heterocycles. The number of hydrogen-bond acceptors (Lipinski definition) is 8. The molecule has 0 saturated carbocycles. The first-order valence-electron chi connectivity index (χ1n) is 12.6. The minimum atomic E-state index is -4.84. The number of fused-ring (bicyclic) bond motifs is 1. The second kappa shape index (κ2) is 11.2. The second-order valence-corrected chi connectivity index (χ2v) is 10.5. The number of aryl methyl sites for hydroxylation is 2. The first-order valence-corrected chi connectivity index (χ1v) is 13.4. The van der Waals surface area contributed by atoms with Gasteiger partial charge >= 0.3 is 12.2 Å². The smallest absolute Gasteiger partial charge is 0.420 e. The van der Waals surface area contributed by atoms with Gasteiger partial charge in [0.15, 0.2) is 0 Å². The molecule has 0 aliphatic rings. The lowest BCUT2D eigenvalue weighted by molar-refractivity contribution is -0.138. The fourth-order valence-electron chi connectivity index (χ4n) is 4.48. The molecular weight excluding hydrogens is 581 g/mol. The maximum atomic E-state index is 14.5. The number of pyridine rings is 1. The molecule has 0 fully saturated rings. The van der Waals surface area contributed by atoms with E-state index < -0.39 is 29.3 Å². The van der Waals surface area contributed by atoms with Crippen molar-refractivity contribution in [3.8, 4) is 33.3 Å². The predicted octanol–water partition coefficient (Wildman–Crippen LogP) is 6.65. The topological polar surface area (TPSA) is 146 Å². The first-order chi connectivity index (χ1) is 20.4. The normalized spacial score (nSPS) is 11.4. The van der Waals surface area contributed by atoms with E-state index in [1.807, 2.05) is 6.92 Å². The quantitative estimate of drug-likeness (QED) is 0.176. The van der Waals surface area contributed by atoms with E-state index in [-0.39, 0.29) is 33.9 Å². The maximum absolute atomic E-state index is 14.5. The Kier molecular flexibility index (Phi) is 7.59. The Bertz CT molecular complexity index is 1940. The van der Waals surface area contributed by atoms with Crippen molar-refractivity contribution in [1.29, 1.82) is 0 Å². The number of nitrogens with zero attached hydrogens (tertiary/aromatic N) is 3. The van der Waals surface area contributed by atoms with Gasteiger partial charge in [0.2, 0.25) is 5.91 Å². The van der Waals surface area contributed by atoms with Crippen LogP contribution in [0.4, 0.5) is 24.7 Å². The molecule has 3 aromatic heterocycles. The van der Waals surface area contributed by atoms with Crippen LogP contribution in [0.5, 0.6) is 11.8 Å². The number of anilines is 2. The number of alkyl halides is 3. The fourth-order valence-corrected chi connectivity index (χ4v) is 5.86. The minimum absolute atomic E-state index is 0.0247. The van der Waals surface area contributed by atoms with Crippen molar-refractivity contribution < 1.29 is 27.5 Å². The number of nitrogens with one attached hydrogen (secondary N) is 1. The zero-order valence-electron chi connectivity index (χ0n) is 22.7. The number of aromatic nitrogens is 3. The highest BCUT2D eigenvalue weighted by Gasteiger charge is 2.36. The van der Waals surface area contributed by atoms with E-state index in [4.69, 9.17) is 16.2 Å². The number of primary amides is 1. The summed E-state index contributed by atoms with van der Waals surface area (Å²) in [4.78, 5) is 37.1. The summed E-state index contributed by atoms with van der Waals surface area (Å²) in [5, 5.41) is 2.99. The SMILES string of the molecule is C=CC(=O)Nc1cc(C)ccc1-c1sc2c(C(N)=O)cnc(N)c2c1-c1ccc(Oc2nccc(C)n2)c(C(F)(F)F)c1. The number of nitrogen functional groups attached to an aromatic ring is 1. The van der Waals surface area contributed by atoms with E-state index in [9.17, 15) is 22.8 Å². The molecule has 0 spiro atoms. The Morgan fingerprint density at radius 3 is 2.53 bits per heavy atom. The highest BCUT2D eigenvalue weighted by atomic mass is 32.1. The summed E-state index contributed by atoms with van der Waals surface area (Å²) in [5.74, 6) is -1.82. The van der Waals surface area contributed by atoms with Crippen molar-refractivity contribution in [1.82, 2.24) is 15.0 Å². The van der Waals surface area contributed by atoms with Crippen molar-refractivity contribution in [2.45, 2.75) is 20.0 Å². The molecule has 5 rings (SSSR count). The predicted molar refractivity (Wildman–Crippen MR) is 159 cm³/mol. The van der Waals surface area contributed by atoms with Gasteiger partial charge in [0.25, 0.3) is 5.91 Å². The second-order valence-electron chi connectivity index (χ2n) is 9.47. The summed E-state index contributed by atoms with van der Waals surface area (Å²) in [7, 11) is 0. The minimum Gasteiger partial charge on any atom is -0.424 e. The summed E-state index contributed by atoms with van der Waals surface area (Å²) in [6.45, 7) is 6.96. The van der Waals surface area contributed by atoms with Gasteiger partial charge in [-0.2, -0.15) is 13.2 Å². The van der Waals surface area contributed by atoms with Gasteiger partial charge in [-0.15, -0.1) is 11.3 Å². The molecule has 0 atom stereocenters. The largest absolute Gasteiger partial charge is 0.424 e. The summed E-state index contributed by atoms with van der Waals surface area (Å²) >= 11 is 1.09. The molecule has 5 aromatic rings. The number of amides is 2. The van der Waals surface area contributed by atoms with Crippen LogP contribution in [0.3, 0.4) is 0 Å². The average molecular weight is 605 g/mol. The van der Waals surface area contributed by atoms with Gasteiger partial charge in [-0.25, -0.2) is 15.0 Å². The number of thiophene rings is 1. The molecule has 5 N–H and O–H groups in total. The Morgan fingerprint density at radius 2 is 1.86 bits per heavy atom. The third-order valence-electron chi connectivity index (χ3n) is 6.42. The summed E-state index contributed by atoms with van der Waals surface area (Å²) in [5.41, 5.74) is 13.4. The van der Waals surface area contributed by atoms with Crippen molar-refractivity contribution >= 4 is 44.7 Å². The molecule has 0 radical (unpaired) electrons. The van der Waals surface area contributed by atoms with Crippen molar-refractivity contribution in [2.75, 3.05) is 11.1 Å². The standard InChI is InChI=1S/C30H23F3N6O3S/c1-4-22(40)39-20-11-14(2)5-7-17(20)25-23(24-26(43-25)18(28(35)41)13-37-27(24)34)16-6-8-21(19(12-16)30(31,32)33)42-29-36-10-9-15(3)38-29/h4-13H,1H2,2-3H3,(H2,34,37)(H2,35,41)(H,39,40). The molecule has 3 heterocycles. The number of benzene rings is 2. The zero-order chi connectivity index (χ0) is 31.1. The molecule has 2 amide bonds. The number of carbonyl (C=O) groups excluding carboxylic acids is 2. The molecular formula is C30H23F3N6O3S. The Balaban J connectivity index is 1.82. The summed E-state index contributed by atoms with van der Waals surface area (Å²) in [6, 6.07) is 10.0. The first kappa shape index (κ1) is 29.2. The highest BCUT2D eigenvalue weighted by Crippen LogP contribution is 2.51. The lowest BCUT2D eigenvalue weighted by atomic mass is 9.95. The molecule has 0 bridgehead atoms. The fraction of sp³-hybridized carbons (Fsp3) is 0.100. The highest BCUT2D eigenvalue weighted by molar-refractivity contribution is 7.23. The van der Waals surface area contributed by atoms with Gasteiger partial charge in [-0.05, 0) is 55.3 Å². The Hall–Kier alpha value is -5.30. The van der Waals surface area contributed by atoms with E-state index in [2.05, 4.69) is 26.8 Å². The van der Waals surface area contributed by atoms with Gasteiger partial charge in [-0.3, -0.25) is 9.59 Å². The molecule has 2 aromatic carbocycles. The lowest BCUT2D eigenvalue weighted by Crippen LogP contribution is -2.12. The molecule has 0 aliphatic carbocycles. The van der Waals surface area contributed by atoms with Gasteiger partial charge in [0.1, 0.15) is 11.6 Å². The van der Waals surface area contributed by atoms with Crippen LogP contribution in [-0.4, -0.2) is 26.8 Å². The van der Waals surface area contributed by atoms with Gasteiger partial charge in [-0.1, -0.05) is 24.8 Å². The Labute approximate surface area is 247 Å². The average Bonchev–Trinajstić information content (AvgIpc) is 3.34. The number of ether oxygens (including phenoxy) is 1. The number of rotatable bonds is 7. The van der Waals surface area contributed by atoms with Crippen molar-refractivity contribution in [3.63, 3.8) is 0 Å². The van der Waals surface area contributed by atoms with Crippen molar-refractivity contribution in [2.24, 2.45) is 5.73 Å². The Morgan fingerprint density at radius 1 is 1.09 bits per heavy atom. The number of carbonyl (C=O) groups is 2. The number of halogens is 3. The summed E-state index contributed by atoms with van der Waals surface area (Å²) in [6.07, 6.45) is -1.15. The van der Waals surface area contributed by atoms with Crippen LogP contribution >= 0.6 is 11.3 Å². The number of nitrogens with two attached hydrogens (primary N) is 2. The third-order valence-corrected chi connectivity index (χ3v) is 7.67. The van der Waals surface area contributed by atoms with Crippen LogP contribution in [0.2, 0.25) is 0 Å². The molecule has 9 nitrogen and oxygen atoms in total. The molecule has 218 valence electrons. The maximum Gasteiger partial charge on any atom is 0.420 e. The van der Waals surface area contributed by atoms with Crippen LogP contribution in [0.25, 0.3) is 31.7 Å². The molecule has 43 heavy (non-hydrogen) atoms. The zero-order valence-corrected chi connectivity index (χ0v) is 23.6. The van der Waals surface area contributed by atoms with Gasteiger partial charge < -0.3 is 21.5 Å². The van der Waals surface area contributed by atoms with Crippen LogP contribution < -0.4 is 21.5 Å². The van der Waals surface area contributed by atoms with E-state index in [0.717, 1.165) is 35.1 Å². The van der Waals surface area contributed by atoms with E-state index in [1.54, 1.807) is 31.2 Å². The van der Waals surface area contributed by atoms with Crippen LogP contribution in [0.1, 0.15) is 27.2 Å².